The van der Waals surface area contributed by atoms with E-state index in [1.54, 1.807) is 22.8 Å². The smallest absolute Gasteiger partial charge is 0.257 e. The van der Waals surface area contributed by atoms with Crippen molar-refractivity contribution in [2.45, 2.75) is 13.3 Å². The molecule has 1 aromatic carbocycles. The van der Waals surface area contributed by atoms with Crippen molar-refractivity contribution in [3.05, 3.63) is 60.2 Å². The Bertz CT molecular complexity index is 1020. The zero-order chi connectivity index (χ0) is 17.2. The van der Waals surface area contributed by atoms with E-state index < -0.39 is 0 Å². The van der Waals surface area contributed by atoms with Crippen molar-refractivity contribution in [3.63, 3.8) is 0 Å². The Balaban J connectivity index is 1.55. The molecule has 0 aliphatic carbocycles. The van der Waals surface area contributed by atoms with Gasteiger partial charge >= 0.3 is 0 Å². The molecule has 0 unspecified atom stereocenters. The van der Waals surface area contributed by atoms with Gasteiger partial charge in [0.05, 0.1) is 5.56 Å². The quantitative estimate of drug-likeness (QED) is 0.611. The molecule has 1 amide bonds. The van der Waals surface area contributed by atoms with Crippen molar-refractivity contribution in [2.75, 3.05) is 5.32 Å². The molecular formula is C17H14N6OS. The van der Waals surface area contributed by atoms with E-state index in [1.165, 1.54) is 17.5 Å². The molecule has 4 rings (SSSR count). The molecule has 0 atom stereocenters. The van der Waals surface area contributed by atoms with Crippen LogP contribution >= 0.6 is 11.3 Å². The number of hydrogen-bond donors (Lipinski definition) is 1. The first kappa shape index (κ1) is 15.4. The van der Waals surface area contributed by atoms with Crippen molar-refractivity contribution in [3.8, 4) is 10.6 Å². The largest absolute Gasteiger partial charge is 0.322 e. The van der Waals surface area contributed by atoms with Gasteiger partial charge in [-0.05, 0) is 36.4 Å². The van der Waals surface area contributed by atoms with Gasteiger partial charge in [-0.1, -0.05) is 18.3 Å². The first-order valence-corrected chi connectivity index (χ1v) is 8.59. The third-order valence-corrected chi connectivity index (χ3v) is 4.63. The Kier molecular flexibility index (Phi) is 3.95. The molecule has 3 aromatic heterocycles. The number of nitrogens with one attached hydrogen (secondary N) is 1. The van der Waals surface area contributed by atoms with Crippen LogP contribution in [0.2, 0.25) is 0 Å². The number of benzene rings is 1. The predicted molar refractivity (Wildman–Crippen MR) is 95.7 cm³/mol. The number of hydrogen-bond acceptors (Lipinski definition) is 6. The Labute approximate surface area is 147 Å². The van der Waals surface area contributed by atoms with Crippen LogP contribution in [0.1, 0.15) is 23.1 Å². The molecule has 0 spiro atoms. The van der Waals surface area contributed by atoms with Gasteiger partial charge in [0.15, 0.2) is 5.82 Å². The molecular weight excluding hydrogens is 336 g/mol. The number of rotatable bonds is 4. The van der Waals surface area contributed by atoms with Crippen molar-refractivity contribution in [1.29, 1.82) is 0 Å². The molecule has 4 aromatic rings. The summed E-state index contributed by atoms with van der Waals surface area (Å²) in [5.41, 5.74) is 2.21. The van der Waals surface area contributed by atoms with Crippen molar-refractivity contribution in [1.82, 2.24) is 24.8 Å². The minimum absolute atomic E-state index is 0.188. The lowest BCUT2D eigenvalue weighted by Crippen LogP contribution is -2.11. The summed E-state index contributed by atoms with van der Waals surface area (Å²) in [4.78, 5) is 16.9. The van der Waals surface area contributed by atoms with E-state index >= 15 is 0 Å². The predicted octanol–water partition coefficient (Wildman–Crippen LogP) is 3.06. The molecule has 0 aliphatic rings. The second kappa shape index (κ2) is 6.40. The molecule has 124 valence electrons. The van der Waals surface area contributed by atoms with E-state index in [0.717, 1.165) is 33.5 Å². The Morgan fingerprint density at radius 1 is 1.20 bits per heavy atom. The molecule has 7 nitrogen and oxygen atoms in total. The standard InChI is InChI=1S/C17H14N6OS/c1-2-14-20-21-17-23(14)22-16(25-17)11-5-7-13(8-6-11)19-15(24)12-4-3-9-18-10-12/h3-10H,2H2,1H3,(H,19,24). The van der Waals surface area contributed by atoms with E-state index in [9.17, 15) is 4.79 Å². The summed E-state index contributed by atoms with van der Waals surface area (Å²) in [7, 11) is 0. The van der Waals surface area contributed by atoms with Gasteiger partial charge in [-0.2, -0.15) is 9.61 Å². The Morgan fingerprint density at radius 3 is 2.76 bits per heavy atom. The summed E-state index contributed by atoms with van der Waals surface area (Å²) in [6, 6.07) is 11.0. The topological polar surface area (TPSA) is 85.1 Å². The van der Waals surface area contributed by atoms with Crippen molar-refractivity contribution < 1.29 is 4.79 Å². The van der Waals surface area contributed by atoms with Crippen LogP contribution in [-0.4, -0.2) is 30.7 Å². The maximum atomic E-state index is 12.1. The van der Waals surface area contributed by atoms with Gasteiger partial charge in [0.25, 0.3) is 5.91 Å². The molecule has 0 saturated heterocycles. The molecule has 0 radical (unpaired) electrons. The van der Waals surface area contributed by atoms with Gasteiger partial charge < -0.3 is 5.32 Å². The maximum Gasteiger partial charge on any atom is 0.257 e. The fourth-order valence-corrected chi connectivity index (χ4v) is 3.25. The molecule has 3 heterocycles. The molecule has 0 saturated carbocycles. The Morgan fingerprint density at radius 2 is 2.04 bits per heavy atom. The fourth-order valence-electron chi connectivity index (χ4n) is 2.39. The van der Waals surface area contributed by atoms with Gasteiger partial charge in [-0.25, -0.2) is 0 Å². The molecule has 8 heteroatoms. The zero-order valence-corrected chi connectivity index (χ0v) is 14.2. The number of carbonyl (C=O) groups excluding carboxylic acids is 1. The van der Waals surface area contributed by atoms with Crippen LogP contribution in [0.5, 0.6) is 0 Å². The number of nitrogens with zero attached hydrogens (tertiary/aromatic N) is 5. The average Bonchev–Trinajstić information content (AvgIpc) is 3.23. The van der Waals surface area contributed by atoms with E-state index in [4.69, 9.17) is 0 Å². The molecule has 25 heavy (non-hydrogen) atoms. The molecule has 0 fully saturated rings. The van der Waals surface area contributed by atoms with E-state index in [-0.39, 0.29) is 5.91 Å². The normalized spacial score (nSPS) is 10.9. The van der Waals surface area contributed by atoms with Crippen LogP contribution in [0.15, 0.2) is 48.8 Å². The third kappa shape index (κ3) is 2.99. The van der Waals surface area contributed by atoms with E-state index in [2.05, 4.69) is 25.6 Å². The fraction of sp³-hybridized carbons (Fsp3) is 0.118. The lowest BCUT2D eigenvalue weighted by Gasteiger charge is -2.05. The van der Waals surface area contributed by atoms with Crippen LogP contribution in [0.25, 0.3) is 15.5 Å². The van der Waals surface area contributed by atoms with Crippen LogP contribution in [0.3, 0.4) is 0 Å². The summed E-state index contributed by atoms with van der Waals surface area (Å²) in [6.07, 6.45) is 3.95. The monoisotopic (exact) mass is 350 g/mol. The number of carbonyl (C=O) groups is 1. The number of pyridine rings is 1. The highest BCUT2D eigenvalue weighted by atomic mass is 32.1. The van der Waals surface area contributed by atoms with Crippen LogP contribution in [-0.2, 0) is 6.42 Å². The number of fused-ring (bicyclic) bond motifs is 1. The van der Waals surface area contributed by atoms with Crippen molar-refractivity contribution >= 4 is 27.9 Å². The first-order valence-electron chi connectivity index (χ1n) is 7.77. The van der Waals surface area contributed by atoms with Crippen LogP contribution < -0.4 is 5.32 Å². The number of aromatic nitrogens is 5. The van der Waals surface area contributed by atoms with Crippen molar-refractivity contribution in [2.24, 2.45) is 0 Å². The SMILES string of the molecule is CCc1nnc2sc(-c3ccc(NC(=O)c4cccnc4)cc3)nn12. The molecule has 0 aliphatic heterocycles. The van der Waals surface area contributed by atoms with Gasteiger partial charge in [0.1, 0.15) is 5.01 Å². The lowest BCUT2D eigenvalue weighted by molar-refractivity contribution is 0.102. The zero-order valence-electron chi connectivity index (χ0n) is 13.4. The highest BCUT2D eigenvalue weighted by Crippen LogP contribution is 2.26. The number of anilines is 1. The summed E-state index contributed by atoms with van der Waals surface area (Å²) in [5.74, 6) is 0.657. The van der Waals surface area contributed by atoms with Gasteiger partial charge in [-0.3, -0.25) is 9.78 Å². The minimum atomic E-state index is -0.188. The van der Waals surface area contributed by atoms with Gasteiger partial charge in [-0.15, -0.1) is 10.2 Å². The Hall–Kier alpha value is -3.13. The highest BCUT2D eigenvalue weighted by Gasteiger charge is 2.12. The summed E-state index contributed by atoms with van der Waals surface area (Å²) >= 11 is 1.49. The number of amides is 1. The highest BCUT2D eigenvalue weighted by molar-refractivity contribution is 7.19. The van der Waals surface area contributed by atoms with Crippen LogP contribution in [0.4, 0.5) is 5.69 Å². The van der Waals surface area contributed by atoms with E-state index in [1.807, 2.05) is 31.2 Å². The minimum Gasteiger partial charge on any atom is -0.322 e. The lowest BCUT2D eigenvalue weighted by atomic mass is 10.2. The second-order valence-electron chi connectivity index (χ2n) is 5.34. The van der Waals surface area contributed by atoms with E-state index in [0.29, 0.717) is 5.56 Å². The first-order chi connectivity index (χ1) is 12.2. The molecule has 1 N–H and O–H groups in total. The van der Waals surface area contributed by atoms with Gasteiger partial charge in [0.2, 0.25) is 4.96 Å². The molecule has 0 bridgehead atoms. The van der Waals surface area contributed by atoms with Gasteiger partial charge in [0, 0.05) is 30.1 Å². The second-order valence-corrected chi connectivity index (χ2v) is 6.30. The number of aryl methyl sites for hydroxylation is 1. The average molecular weight is 350 g/mol. The summed E-state index contributed by atoms with van der Waals surface area (Å²) < 4.78 is 1.78. The third-order valence-electron chi connectivity index (χ3n) is 3.69. The van der Waals surface area contributed by atoms with Crippen LogP contribution in [0, 0.1) is 0 Å². The summed E-state index contributed by atoms with van der Waals surface area (Å²) in [5, 5.41) is 16.5. The summed E-state index contributed by atoms with van der Waals surface area (Å²) in [6.45, 7) is 2.02. The maximum absolute atomic E-state index is 12.1.